The topological polar surface area (TPSA) is 0 Å². The average Bonchev–Trinajstić information content (AvgIpc) is 3.23. The van der Waals surface area contributed by atoms with Gasteiger partial charge in [-0.05, 0) is 0 Å². The maximum atomic E-state index is 2.54. The zero-order chi connectivity index (χ0) is 18.6. The van der Waals surface area contributed by atoms with Crippen molar-refractivity contribution in [2.24, 2.45) is 0 Å². The number of unbranched alkanes of at least 4 members (excludes halogenated alkanes) is 2. The Morgan fingerprint density at radius 3 is 1.56 bits per heavy atom. The first-order chi connectivity index (χ1) is 13.3. The second-order valence-electron chi connectivity index (χ2n) is 7.94. The Kier molecular flexibility index (Phi) is 6.28. The van der Waals surface area contributed by atoms with Crippen molar-refractivity contribution >= 4 is 12.2 Å². The molecular formula is C26H30Hf. The minimum absolute atomic E-state index is 0.786. The van der Waals surface area contributed by atoms with E-state index in [0.29, 0.717) is 0 Å². The Labute approximate surface area is 176 Å². The fraction of sp³-hybridized carbons (Fsp3) is 0.385. The van der Waals surface area contributed by atoms with Gasteiger partial charge in [-0.15, -0.1) is 0 Å². The van der Waals surface area contributed by atoms with Crippen LogP contribution in [-0.2, 0) is 22.9 Å². The average molecular weight is 521 g/mol. The summed E-state index contributed by atoms with van der Waals surface area (Å²) < 4.78 is 1.57. The molecule has 0 radical (unpaired) electrons. The predicted octanol–water partition coefficient (Wildman–Crippen LogP) is 7.73. The molecule has 2 unspecified atom stereocenters. The van der Waals surface area contributed by atoms with Crippen molar-refractivity contribution in [2.45, 2.75) is 59.7 Å². The SMILES string of the molecule is CCCCC1=Cc2ccccc2[CH]1[Hf][CH]1C(CCCC)=Cc2ccccc21. The van der Waals surface area contributed by atoms with Gasteiger partial charge in [0.2, 0.25) is 0 Å². The third kappa shape index (κ3) is 3.99. The summed E-state index contributed by atoms with van der Waals surface area (Å²) in [7, 11) is 0. The van der Waals surface area contributed by atoms with Crippen molar-refractivity contribution in [1.82, 2.24) is 0 Å². The van der Waals surface area contributed by atoms with Crippen LogP contribution in [0.4, 0.5) is 0 Å². The predicted molar refractivity (Wildman–Crippen MR) is 113 cm³/mol. The van der Waals surface area contributed by atoms with E-state index in [1.165, 1.54) is 49.7 Å². The van der Waals surface area contributed by atoms with E-state index >= 15 is 0 Å². The van der Waals surface area contributed by atoms with Crippen molar-refractivity contribution in [2.75, 3.05) is 0 Å². The molecule has 27 heavy (non-hydrogen) atoms. The Hall–Kier alpha value is -1.21. The van der Waals surface area contributed by atoms with E-state index in [0.717, 1.165) is 7.35 Å². The van der Waals surface area contributed by atoms with Crippen LogP contribution in [0.15, 0.2) is 59.7 Å². The van der Waals surface area contributed by atoms with Gasteiger partial charge >= 0.3 is 177 Å². The van der Waals surface area contributed by atoms with Crippen molar-refractivity contribution in [3.63, 3.8) is 0 Å². The number of hydrogen-bond donors (Lipinski definition) is 0. The van der Waals surface area contributed by atoms with Crippen molar-refractivity contribution in [3.8, 4) is 0 Å². The standard InChI is InChI=1S/2C13H15.Hf/c2*1-2-3-6-11-9-12-7-4-5-8-13(12)10-11;/h2*4-5,7-10H,2-3,6H2,1H3;. The molecule has 4 rings (SSSR count). The maximum absolute atomic E-state index is 2.54. The third-order valence-corrected chi connectivity index (χ3v) is 13.3. The van der Waals surface area contributed by atoms with Gasteiger partial charge in [-0.2, -0.15) is 0 Å². The molecule has 0 amide bonds. The van der Waals surface area contributed by atoms with Gasteiger partial charge in [0.25, 0.3) is 0 Å². The molecular weight excluding hydrogens is 491 g/mol. The first kappa shape index (κ1) is 19.1. The van der Waals surface area contributed by atoms with Crippen molar-refractivity contribution in [3.05, 3.63) is 81.9 Å². The van der Waals surface area contributed by atoms with Crippen LogP contribution >= 0.6 is 0 Å². The molecule has 2 atom stereocenters. The van der Waals surface area contributed by atoms with Crippen LogP contribution in [0.2, 0.25) is 0 Å². The normalized spacial score (nSPS) is 20.1. The summed E-state index contributed by atoms with van der Waals surface area (Å²) in [6, 6.07) is 18.4. The molecule has 0 aromatic heterocycles. The van der Waals surface area contributed by atoms with Crippen LogP contribution in [0.1, 0.15) is 82.0 Å². The zero-order valence-corrected chi connectivity index (χ0v) is 20.3. The molecule has 2 aliphatic carbocycles. The van der Waals surface area contributed by atoms with E-state index in [4.69, 9.17) is 0 Å². The second kappa shape index (κ2) is 8.86. The Morgan fingerprint density at radius 1 is 0.667 bits per heavy atom. The van der Waals surface area contributed by atoms with E-state index in [2.05, 4.69) is 74.5 Å². The zero-order valence-electron chi connectivity index (χ0n) is 16.7. The van der Waals surface area contributed by atoms with Crippen LogP contribution in [0.5, 0.6) is 0 Å². The summed E-state index contributed by atoms with van der Waals surface area (Å²) in [6.07, 6.45) is 12.9. The fourth-order valence-corrected chi connectivity index (χ4v) is 12.1. The summed E-state index contributed by atoms with van der Waals surface area (Å²) in [4.78, 5) is 0. The van der Waals surface area contributed by atoms with Gasteiger partial charge in [0.15, 0.2) is 0 Å². The van der Waals surface area contributed by atoms with E-state index in [9.17, 15) is 0 Å². The van der Waals surface area contributed by atoms with Gasteiger partial charge in [-0.25, -0.2) is 0 Å². The molecule has 0 heterocycles. The molecule has 0 fully saturated rings. The molecule has 0 spiro atoms. The molecule has 0 bridgehead atoms. The van der Waals surface area contributed by atoms with Crippen LogP contribution in [0.3, 0.4) is 0 Å². The Bertz CT molecular complexity index is 787. The molecule has 0 nitrogen and oxygen atoms in total. The van der Waals surface area contributed by atoms with E-state index < -0.39 is 22.9 Å². The fourth-order valence-electron chi connectivity index (χ4n) is 4.53. The van der Waals surface area contributed by atoms with Crippen LogP contribution in [0, 0.1) is 0 Å². The second-order valence-corrected chi connectivity index (χ2v) is 13.3. The van der Waals surface area contributed by atoms with Crippen molar-refractivity contribution in [1.29, 1.82) is 0 Å². The number of fused-ring (bicyclic) bond motifs is 2. The monoisotopic (exact) mass is 522 g/mol. The first-order valence-electron chi connectivity index (χ1n) is 10.7. The molecule has 0 saturated heterocycles. The number of benzene rings is 2. The summed E-state index contributed by atoms with van der Waals surface area (Å²) in [5, 5.41) is 0. The molecule has 2 aromatic rings. The molecule has 0 saturated carbocycles. The van der Waals surface area contributed by atoms with Gasteiger partial charge < -0.3 is 0 Å². The van der Waals surface area contributed by atoms with E-state index in [1.54, 1.807) is 22.3 Å². The number of hydrogen-bond acceptors (Lipinski definition) is 0. The number of allylic oxidation sites excluding steroid dienone is 2. The third-order valence-electron chi connectivity index (χ3n) is 6.01. The summed E-state index contributed by atoms with van der Waals surface area (Å²) in [5.41, 5.74) is 9.80. The molecule has 1 heteroatoms. The minimum atomic E-state index is -0.971. The van der Waals surface area contributed by atoms with Gasteiger partial charge in [-0.1, -0.05) is 0 Å². The van der Waals surface area contributed by atoms with E-state index in [-0.39, 0.29) is 0 Å². The van der Waals surface area contributed by atoms with Gasteiger partial charge in [0.05, 0.1) is 0 Å². The Balaban J connectivity index is 1.64. The molecule has 0 N–H and O–H groups in total. The quantitative estimate of drug-likeness (QED) is 0.312. The molecule has 138 valence electrons. The molecule has 2 aromatic carbocycles. The first-order valence-corrected chi connectivity index (χ1v) is 14.8. The van der Waals surface area contributed by atoms with Crippen LogP contribution in [0.25, 0.3) is 12.2 Å². The summed E-state index contributed by atoms with van der Waals surface area (Å²) in [6.45, 7) is 4.64. The van der Waals surface area contributed by atoms with Crippen molar-refractivity contribution < 1.29 is 22.9 Å². The van der Waals surface area contributed by atoms with Gasteiger partial charge in [-0.3, -0.25) is 0 Å². The van der Waals surface area contributed by atoms with E-state index in [1.807, 2.05) is 0 Å². The van der Waals surface area contributed by atoms with Gasteiger partial charge in [0.1, 0.15) is 0 Å². The summed E-state index contributed by atoms with van der Waals surface area (Å²) >= 11 is -0.971. The van der Waals surface area contributed by atoms with Crippen LogP contribution < -0.4 is 0 Å². The molecule has 2 aliphatic rings. The van der Waals surface area contributed by atoms with Crippen LogP contribution in [-0.4, -0.2) is 0 Å². The Morgan fingerprint density at radius 2 is 1.11 bits per heavy atom. The number of rotatable bonds is 8. The van der Waals surface area contributed by atoms with Gasteiger partial charge in [0, 0.05) is 0 Å². The molecule has 0 aliphatic heterocycles. The summed E-state index contributed by atoms with van der Waals surface area (Å²) in [5.74, 6) is 0.